The molecule has 0 radical (unpaired) electrons. The number of carbonyl (C=O) groups excluding carboxylic acids is 1. The van der Waals surface area contributed by atoms with Crippen LogP contribution in [0, 0.1) is 0 Å². The summed E-state index contributed by atoms with van der Waals surface area (Å²) in [5.41, 5.74) is 1.09. The van der Waals surface area contributed by atoms with E-state index in [2.05, 4.69) is 4.99 Å². The van der Waals surface area contributed by atoms with Crippen molar-refractivity contribution in [2.45, 2.75) is 4.90 Å². The van der Waals surface area contributed by atoms with Gasteiger partial charge in [-0.15, -0.1) is 0 Å². The first-order valence-electron chi connectivity index (χ1n) is 9.42. The van der Waals surface area contributed by atoms with E-state index in [9.17, 15) is 13.2 Å². The van der Waals surface area contributed by atoms with E-state index in [1.54, 1.807) is 30.3 Å². The van der Waals surface area contributed by atoms with Gasteiger partial charge in [-0.25, -0.2) is 9.79 Å². The molecule has 1 aliphatic heterocycles. The minimum atomic E-state index is -4.01. The van der Waals surface area contributed by atoms with E-state index in [0.717, 1.165) is 0 Å². The number of rotatable bonds is 6. The van der Waals surface area contributed by atoms with Crippen molar-refractivity contribution in [1.29, 1.82) is 0 Å². The van der Waals surface area contributed by atoms with Crippen LogP contribution in [0.25, 0.3) is 6.08 Å². The Labute approximate surface area is 200 Å². The highest BCUT2D eigenvalue weighted by molar-refractivity contribution is 7.87. The summed E-state index contributed by atoms with van der Waals surface area (Å²) < 4.78 is 40.5. The topological polar surface area (TPSA) is 91.3 Å². The van der Waals surface area contributed by atoms with Crippen LogP contribution in [0.1, 0.15) is 11.1 Å². The number of ether oxygens (including phenoxy) is 2. The zero-order chi connectivity index (χ0) is 23.6. The number of cyclic esters (lactones) is 1. The number of hydrogen-bond acceptors (Lipinski definition) is 7. The molecule has 0 N–H and O–H groups in total. The van der Waals surface area contributed by atoms with Gasteiger partial charge in [0.2, 0.25) is 5.90 Å². The van der Waals surface area contributed by atoms with Gasteiger partial charge < -0.3 is 13.7 Å². The Morgan fingerprint density at radius 1 is 0.939 bits per heavy atom. The van der Waals surface area contributed by atoms with Crippen LogP contribution < -0.4 is 8.92 Å². The Hall–Kier alpha value is -3.33. The SMILES string of the molecule is COc1ccc(Cl)cc1C1=NC(=Cc2ccc(OS(=O)(=O)c3ccc(Cl)cc3)cc2)C(=O)O1. The molecular weight excluding hydrogens is 489 g/mol. The number of carbonyl (C=O) groups is 1. The zero-order valence-electron chi connectivity index (χ0n) is 17.0. The third kappa shape index (κ3) is 5.19. The lowest BCUT2D eigenvalue weighted by molar-refractivity contribution is -0.129. The van der Waals surface area contributed by atoms with E-state index in [1.807, 2.05) is 0 Å². The maximum Gasteiger partial charge on any atom is 0.363 e. The smallest absolute Gasteiger partial charge is 0.363 e. The van der Waals surface area contributed by atoms with Gasteiger partial charge in [0, 0.05) is 10.0 Å². The number of esters is 1. The lowest BCUT2D eigenvalue weighted by atomic mass is 10.2. The van der Waals surface area contributed by atoms with Crippen LogP contribution in [0.15, 0.2) is 82.3 Å². The minimum absolute atomic E-state index is 0.0231. The highest BCUT2D eigenvalue weighted by atomic mass is 35.5. The van der Waals surface area contributed by atoms with Crippen molar-refractivity contribution in [3.8, 4) is 11.5 Å². The summed E-state index contributed by atoms with van der Waals surface area (Å²) in [5.74, 6) is -0.0122. The minimum Gasteiger partial charge on any atom is -0.496 e. The van der Waals surface area contributed by atoms with Crippen molar-refractivity contribution >= 4 is 51.3 Å². The summed E-state index contributed by atoms with van der Waals surface area (Å²) in [6.45, 7) is 0. The highest BCUT2D eigenvalue weighted by Gasteiger charge is 2.26. The van der Waals surface area contributed by atoms with Crippen molar-refractivity contribution in [2.24, 2.45) is 4.99 Å². The second-order valence-electron chi connectivity index (χ2n) is 6.74. The molecular formula is C23H15Cl2NO6S. The predicted octanol–water partition coefficient (Wildman–Crippen LogP) is 5.11. The van der Waals surface area contributed by atoms with Gasteiger partial charge in [0.25, 0.3) is 0 Å². The number of methoxy groups -OCH3 is 1. The lowest BCUT2D eigenvalue weighted by Crippen LogP contribution is -2.09. The average molecular weight is 504 g/mol. The van der Waals surface area contributed by atoms with E-state index in [-0.39, 0.29) is 22.2 Å². The van der Waals surface area contributed by atoms with E-state index < -0.39 is 16.1 Å². The second kappa shape index (κ2) is 9.27. The molecule has 168 valence electrons. The molecule has 1 heterocycles. The first-order chi connectivity index (χ1) is 15.7. The van der Waals surface area contributed by atoms with Crippen molar-refractivity contribution in [3.05, 3.63) is 93.6 Å². The average Bonchev–Trinajstić information content (AvgIpc) is 3.15. The Bertz CT molecular complexity index is 1380. The molecule has 3 aromatic rings. The van der Waals surface area contributed by atoms with Crippen LogP contribution in [0.5, 0.6) is 11.5 Å². The fourth-order valence-corrected chi connectivity index (χ4v) is 4.15. The molecule has 7 nitrogen and oxygen atoms in total. The zero-order valence-corrected chi connectivity index (χ0v) is 19.3. The monoisotopic (exact) mass is 503 g/mol. The normalized spacial score (nSPS) is 14.7. The third-order valence-corrected chi connectivity index (χ3v) is 6.25. The molecule has 0 saturated carbocycles. The van der Waals surface area contributed by atoms with Gasteiger partial charge in [-0.3, -0.25) is 0 Å². The van der Waals surface area contributed by atoms with Gasteiger partial charge in [0.15, 0.2) is 5.70 Å². The van der Waals surface area contributed by atoms with Gasteiger partial charge in [0.1, 0.15) is 16.4 Å². The molecule has 0 fully saturated rings. The lowest BCUT2D eigenvalue weighted by Gasteiger charge is -2.07. The largest absolute Gasteiger partial charge is 0.496 e. The molecule has 4 rings (SSSR count). The molecule has 3 aromatic carbocycles. The highest BCUT2D eigenvalue weighted by Crippen LogP contribution is 2.28. The molecule has 0 aliphatic carbocycles. The maximum absolute atomic E-state index is 12.4. The molecule has 33 heavy (non-hydrogen) atoms. The summed E-state index contributed by atoms with van der Waals surface area (Å²) in [4.78, 5) is 16.5. The molecule has 0 bridgehead atoms. The number of aliphatic imine (C=N–C) groups is 1. The molecule has 0 atom stereocenters. The van der Waals surface area contributed by atoms with E-state index >= 15 is 0 Å². The van der Waals surface area contributed by atoms with Gasteiger partial charge >= 0.3 is 16.1 Å². The first-order valence-corrected chi connectivity index (χ1v) is 11.6. The molecule has 10 heteroatoms. The van der Waals surface area contributed by atoms with E-state index in [0.29, 0.717) is 26.9 Å². The quantitative estimate of drug-likeness (QED) is 0.263. The number of nitrogens with zero attached hydrogens (tertiary/aromatic N) is 1. The van der Waals surface area contributed by atoms with Crippen LogP contribution >= 0.6 is 23.2 Å². The number of benzene rings is 3. The molecule has 0 spiro atoms. The van der Waals surface area contributed by atoms with Crippen molar-refractivity contribution in [2.75, 3.05) is 7.11 Å². The van der Waals surface area contributed by atoms with Gasteiger partial charge in [-0.2, -0.15) is 8.42 Å². The fraction of sp³-hybridized carbons (Fsp3) is 0.0435. The third-order valence-electron chi connectivity index (χ3n) is 4.50. The first kappa shape index (κ1) is 22.8. The van der Waals surface area contributed by atoms with Crippen molar-refractivity contribution in [3.63, 3.8) is 0 Å². The Kier molecular flexibility index (Phi) is 6.42. The summed E-state index contributed by atoms with van der Waals surface area (Å²) in [6, 6.07) is 16.6. The Morgan fingerprint density at radius 2 is 1.61 bits per heavy atom. The van der Waals surface area contributed by atoms with Crippen LogP contribution in [0.3, 0.4) is 0 Å². The molecule has 0 unspecified atom stereocenters. The van der Waals surface area contributed by atoms with Gasteiger partial charge in [-0.1, -0.05) is 35.3 Å². The summed E-state index contributed by atoms with van der Waals surface area (Å²) in [7, 11) is -2.53. The Morgan fingerprint density at radius 3 is 2.27 bits per heavy atom. The van der Waals surface area contributed by atoms with Gasteiger partial charge in [0.05, 0.1) is 12.7 Å². The van der Waals surface area contributed by atoms with Crippen molar-refractivity contribution in [1.82, 2.24) is 0 Å². The molecule has 0 amide bonds. The van der Waals surface area contributed by atoms with Crippen molar-refractivity contribution < 1.29 is 26.9 Å². The maximum atomic E-state index is 12.4. The van der Waals surface area contributed by atoms with Crippen LogP contribution in [-0.4, -0.2) is 27.4 Å². The van der Waals surface area contributed by atoms with Crippen LogP contribution in [0.2, 0.25) is 10.0 Å². The molecule has 0 saturated heterocycles. The van der Waals surface area contributed by atoms with Crippen LogP contribution in [0.4, 0.5) is 0 Å². The van der Waals surface area contributed by atoms with E-state index in [1.165, 1.54) is 49.6 Å². The fourth-order valence-electron chi connectivity index (χ4n) is 2.93. The predicted molar refractivity (Wildman–Crippen MR) is 124 cm³/mol. The summed E-state index contributed by atoms with van der Waals surface area (Å²) >= 11 is 11.8. The molecule has 0 aromatic heterocycles. The van der Waals surface area contributed by atoms with E-state index in [4.69, 9.17) is 36.9 Å². The number of halogens is 2. The standard InChI is InChI=1S/C23H15Cl2NO6S/c1-30-21-11-6-16(25)13-19(21)22-26-20(23(27)31-22)12-14-2-7-17(8-3-14)32-33(28,29)18-9-4-15(24)5-10-18/h2-13H,1H3. The summed E-state index contributed by atoms with van der Waals surface area (Å²) in [6.07, 6.45) is 1.50. The van der Waals surface area contributed by atoms with Crippen LogP contribution in [-0.2, 0) is 19.6 Å². The molecule has 1 aliphatic rings. The van der Waals surface area contributed by atoms with Gasteiger partial charge in [-0.05, 0) is 66.2 Å². The summed E-state index contributed by atoms with van der Waals surface area (Å²) in [5, 5.41) is 0.850. The second-order valence-corrected chi connectivity index (χ2v) is 9.16. The Balaban J connectivity index is 1.55. The number of hydrogen-bond donors (Lipinski definition) is 0.